The average Bonchev–Trinajstić information content (AvgIpc) is 3.32. The average molecular weight is 434 g/mol. The lowest BCUT2D eigenvalue weighted by molar-refractivity contribution is 0.0969. The quantitative estimate of drug-likeness (QED) is 0.294. The molecule has 0 spiro atoms. The minimum Gasteiger partial charge on any atom is -0.733 e. The molecule has 0 saturated heterocycles. The molecule has 0 radical (unpaired) electrons. The normalized spacial score (nSPS) is 12.0. The number of aromatic nitrogens is 1. The Morgan fingerprint density at radius 1 is 1.16 bits per heavy atom. The van der Waals surface area contributed by atoms with Gasteiger partial charge >= 0.3 is 0 Å². The Hall–Kier alpha value is -4.08. The van der Waals surface area contributed by atoms with E-state index in [1.165, 1.54) is 23.0 Å². The fraction of sp³-hybridized carbons (Fsp3) is 0.130. The van der Waals surface area contributed by atoms with Crippen molar-refractivity contribution in [2.45, 2.75) is 12.5 Å². The first-order valence-corrected chi connectivity index (χ1v) is 9.77. The second kappa shape index (κ2) is 8.58. The summed E-state index contributed by atoms with van der Waals surface area (Å²) >= 11 is 0. The summed E-state index contributed by atoms with van der Waals surface area (Å²) in [4.78, 5) is 26.0. The number of carbonyl (C=O) groups is 1. The Labute approximate surface area is 182 Å². The maximum atomic E-state index is 13.2. The number of nitrogens with one attached hydrogen (secondary N) is 1. The number of aryl methyl sites for hydroxylation is 1. The van der Waals surface area contributed by atoms with Crippen LogP contribution in [0.2, 0.25) is 0 Å². The highest BCUT2D eigenvalue weighted by atomic mass is 16.8. The zero-order valence-corrected chi connectivity index (χ0v) is 17.1. The second-order valence-electron chi connectivity index (χ2n) is 7.26. The molecule has 4 rings (SSSR count). The Morgan fingerprint density at radius 3 is 2.53 bits per heavy atom. The van der Waals surface area contributed by atoms with Crippen molar-refractivity contribution in [3.8, 4) is 5.75 Å². The lowest BCUT2D eigenvalue weighted by Crippen LogP contribution is -2.26. The van der Waals surface area contributed by atoms with Gasteiger partial charge in [-0.1, -0.05) is 12.1 Å². The second-order valence-corrected chi connectivity index (χ2v) is 7.26. The maximum absolute atomic E-state index is 13.2. The van der Waals surface area contributed by atoms with Crippen molar-refractivity contribution >= 4 is 28.1 Å². The highest BCUT2D eigenvalue weighted by molar-refractivity contribution is 6.03. The van der Waals surface area contributed by atoms with Crippen molar-refractivity contribution in [3.63, 3.8) is 0 Å². The number of aromatic hydroxyl groups is 1. The molecule has 32 heavy (non-hydrogen) atoms. The van der Waals surface area contributed by atoms with E-state index in [0.717, 1.165) is 0 Å². The van der Waals surface area contributed by atoms with Crippen molar-refractivity contribution in [1.29, 1.82) is 0 Å². The van der Waals surface area contributed by atoms with E-state index in [1.54, 1.807) is 55.6 Å². The van der Waals surface area contributed by atoms with Crippen molar-refractivity contribution < 1.29 is 19.5 Å². The van der Waals surface area contributed by atoms with E-state index in [1.807, 2.05) is 0 Å². The van der Waals surface area contributed by atoms with Crippen LogP contribution >= 0.6 is 0 Å². The van der Waals surface area contributed by atoms with Gasteiger partial charge in [0.25, 0.3) is 5.56 Å². The van der Waals surface area contributed by atoms with Crippen LogP contribution in [0.3, 0.4) is 0 Å². The van der Waals surface area contributed by atoms with Gasteiger partial charge < -0.3 is 29.8 Å². The van der Waals surface area contributed by atoms with E-state index < -0.39 is 17.4 Å². The van der Waals surface area contributed by atoms with Gasteiger partial charge in [0, 0.05) is 24.5 Å². The number of Topliss-reactive ketones (excluding diaryl/α,β-unsaturated/α-hetero) is 1. The molecule has 3 N–H and O–H groups in total. The molecule has 9 nitrogen and oxygen atoms in total. The molecule has 4 aromatic rings. The topological polar surface area (TPSA) is 131 Å². The minimum absolute atomic E-state index is 0.0470. The van der Waals surface area contributed by atoms with Crippen LogP contribution in [0.25, 0.3) is 10.9 Å². The number of benzene rings is 2. The van der Waals surface area contributed by atoms with Gasteiger partial charge in [-0.15, -0.1) is 0 Å². The summed E-state index contributed by atoms with van der Waals surface area (Å²) < 4.78 is 6.80. The Kier molecular flexibility index (Phi) is 5.67. The molecule has 0 aliphatic carbocycles. The van der Waals surface area contributed by atoms with E-state index >= 15 is 0 Å². The van der Waals surface area contributed by atoms with Gasteiger partial charge in [0.15, 0.2) is 5.78 Å². The minimum atomic E-state index is -0.656. The summed E-state index contributed by atoms with van der Waals surface area (Å²) in [6.07, 6.45) is 1.29. The van der Waals surface area contributed by atoms with Crippen molar-refractivity contribution in [2.24, 2.45) is 7.05 Å². The molecule has 1 unspecified atom stereocenters. The zero-order chi connectivity index (χ0) is 22.8. The van der Waals surface area contributed by atoms with Crippen molar-refractivity contribution in [2.75, 3.05) is 10.5 Å². The van der Waals surface area contributed by atoms with Crippen LogP contribution in [0.4, 0.5) is 11.4 Å². The summed E-state index contributed by atoms with van der Waals surface area (Å²) in [5.41, 5.74) is 0.240. The van der Waals surface area contributed by atoms with Crippen LogP contribution < -0.4 is 16.1 Å². The van der Waals surface area contributed by atoms with Crippen molar-refractivity contribution in [3.05, 3.63) is 93.8 Å². The van der Waals surface area contributed by atoms with E-state index in [2.05, 4.69) is 5.32 Å². The maximum Gasteiger partial charge on any atom is 0.265 e. The molecule has 0 aliphatic rings. The molecule has 0 saturated carbocycles. The molecule has 1 atom stereocenters. The van der Waals surface area contributed by atoms with Crippen LogP contribution in [0.1, 0.15) is 28.6 Å². The van der Waals surface area contributed by atoms with Gasteiger partial charge in [-0.2, -0.15) is 0 Å². The molecular weight excluding hydrogens is 414 g/mol. The first-order chi connectivity index (χ1) is 15.4. The number of nitrogens with zero attached hydrogens (tertiary/aromatic N) is 2. The van der Waals surface area contributed by atoms with E-state index in [4.69, 9.17) is 9.62 Å². The summed E-state index contributed by atoms with van der Waals surface area (Å²) in [6, 6.07) is 15.4. The first-order valence-electron chi connectivity index (χ1n) is 9.77. The number of hydrogen-bond acceptors (Lipinski definition) is 8. The van der Waals surface area contributed by atoms with Gasteiger partial charge in [0.2, 0.25) is 0 Å². The van der Waals surface area contributed by atoms with Crippen molar-refractivity contribution in [1.82, 2.24) is 4.57 Å². The monoisotopic (exact) mass is 434 g/mol. The van der Waals surface area contributed by atoms with Gasteiger partial charge in [-0.3, -0.25) is 14.8 Å². The first kappa shape index (κ1) is 21.2. The Morgan fingerprint density at radius 2 is 1.88 bits per heavy atom. The van der Waals surface area contributed by atoms with Gasteiger partial charge in [-0.05, 0) is 48.5 Å². The van der Waals surface area contributed by atoms with Crippen LogP contribution in [-0.2, 0) is 7.05 Å². The molecule has 0 aliphatic heterocycles. The third-order valence-corrected chi connectivity index (χ3v) is 5.26. The van der Waals surface area contributed by atoms with Gasteiger partial charge in [0.1, 0.15) is 17.1 Å². The smallest absolute Gasteiger partial charge is 0.265 e. The lowest BCUT2D eigenvalue weighted by Gasteiger charge is -2.22. The number of para-hydroxylation sites is 1. The fourth-order valence-corrected chi connectivity index (χ4v) is 3.62. The van der Waals surface area contributed by atoms with E-state index in [-0.39, 0.29) is 28.6 Å². The molecule has 9 heteroatoms. The van der Waals surface area contributed by atoms with Crippen LogP contribution in [0.15, 0.2) is 76.1 Å². The molecular formula is C23H20N3O6-. The summed E-state index contributed by atoms with van der Waals surface area (Å²) in [6.45, 7) is 0. The summed E-state index contributed by atoms with van der Waals surface area (Å²) in [7, 11) is 1.55. The summed E-state index contributed by atoms with van der Waals surface area (Å²) in [5, 5.41) is 34.0. The third kappa shape index (κ3) is 3.94. The molecule has 2 heterocycles. The summed E-state index contributed by atoms with van der Waals surface area (Å²) in [5.74, 6) is -0.456. The van der Waals surface area contributed by atoms with E-state index in [9.17, 15) is 19.9 Å². The lowest BCUT2D eigenvalue weighted by atomic mass is 10.00. The third-order valence-electron chi connectivity index (χ3n) is 5.26. The van der Waals surface area contributed by atoms with Crippen LogP contribution in [0, 0.1) is 5.21 Å². The molecule has 0 fully saturated rings. The Bertz CT molecular complexity index is 1310. The molecule has 2 aromatic carbocycles. The number of furan rings is 1. The predicted octanol–water partition coefficient (Wildman–Crippen LogP) is 3.96. The standard InChI is InChI=1S/C23H20N3O6/c1-25-18-6-3-2-5-16(18)22(28)21(23(25)29)19(27)13-17(20-7-4-12-32-20)24-14-8-10-15(11-9-14)26(30)31/h2-12,17,24,28,30H,13H2,1H3/q-1. The number of hydrogen-bond donors (Lipinski definition) is 3. The highest BCUT2D eigenvalue weighted by Gasteiger charge is 2.26. The molecule has 0 amide bonds. The number of fused-ring (bicyclic) bond motifs is 1. The predicted molar refractivity (Wildman–Crippen MR) is 119 cm³/mol. The highest BCUT2D eigenvalue weighted by Crippen LogP contribution is 2.30. The molecule has 0 bridgehead atoms. The number of rotatable bonds is 7. The van der Waals surface area contributed by atoms with E-state index in [0.29, 0.717) is 22.4 Å². The number of ketones is 1. The van der Waals surface area contributed by atoms with Crippen LogP contribution in [0.5, 0.6) is 5.75 Å². The largest absolute Gasteiger partial charge is 0.733 e. The number of anilines is 2. The number of pyridine rings is 1. The van der Waals surface area contributed by atoms with Crippen LogP contribution in [-0.4, -0.2) is 20.7 Å². The SMILES string of the molecule is Cn1c(=O)c(C(=O)CC(Nc2ccc(N([O-])O)cc2)c2ccco2)c(O)c2ccccc21. The number of carbonyl (C=O) groups excluding carboxylic acids is 1. The Balaban J connectivity index is 1.68. The molecule has 2 aromatic heterocycles. The molecule has 164 valence electrons. The van der Waals surface area contributed by atoms with Gasteiger partial charge in [0.05, 0.1) is 23.5 Å². The zero-order valence-electron chi connectivity index (χ0n) is 17.1. The fourth-order valence-electron chi connectivity index (χ4n) is 3.62. The van der Waals surface area contributed by atoms with Gasteiger partial charge in [-0.25, -0.2) is 0 Å².